The van der Waals surface area contributed by atoms with Gasteiger partial charge in [0.25, 0.3) is 5.69 Å². The smallest absolute Gasteiger partial charge is 0.280 e. The number of benzene rings is 2. The van der Waals surface area contributed by atoms with Crippen LogP contribution in [0.3, 0.4) is 0 Å². The average Bonchev–Trinajstić information content (AvgIpc) is 3.15. The lowest BCUT2D eigenvalue weighted by atomic mass is 10.1. The largest absolute Gasteiger partial charge is 0.486 e. The molecular formula is C21H16ClNO5. The lowest BCUT2D eigenvalue weighted by molar-refractivity contribution is -0.385. The number of aryl methyl sites for hydroxylation is 1. The number of ether oxygens (including phenoxy) is 1. The molecule has 6 nitrogen and oxygen atoms in total. The summed E-state index contributed by atoms with van der Waals surface area (Å²) in [6.45, 7) is 2.10. The topological polar surface area (TPSA) is 82.6 Å². The summed E-state index contributed by atoms with van der Waals surface area (Å²) >= 11 is 5.99. The van der Waals surface area contributed by atoms with Gasteiger partial charge in [0.15, 0.2) is 5.78 Å². The van der Waals surface area contributed by atoms with E-state index >= 15 is 0 Å². The van der Waals surface area contributed by atoms with Crippen molar-refractivity contribution in [3.8, 4) is 5.75 Å². The van der Waals surface area contributed by atoms with Crippen LogP contribution in [0.2, 0.25) is 5.02 Å². The van der Waals surface area contributed by atoms with Crippen molar-refractivity contribution < 1.29 is 18.9 Å². The minimum atomic E-state index is -0.581. The highest BCUT2D eigenvalue weighted by atomic mass is 35.5. The van der Waals surface area contributed by atoms with Gasteiger partial charge in [-0.15, -0.1) is 0 Å². The maximum atomic E-state index is 12.3. The number of carbonyl (C=O) groups is 1. The molecule has 0 aliphatic carbocycles. The summed E-state index contributed by atoms with van der Waals surface area (Å²) in [4.78, 5) is 22.7. The molecule has 0 saturated carbocycles. The molecule has 0 unspecified atom stereocenters. The van der Waals surface area contributed by atoms with Gasteiger partial charge < -0.3 is 9.15 Å². The van der Waals surface area contributed by atoms with Crippen LogP contribution in [0.4, 0.5) is 5.69 Å². The molecule has 7 heteroatoms. The number of rotatable bonds is 7. The number of ketones is 1. The average molecular weight is 398 g/mol. The minimum Gasteiger partial charge on any atom is -0.486 e. The molecule has 1 heterocycles. The quantitative estimate of drug-likeness (QED) is 0.223. The van der Waals surface area contributed by atoms with Crippen LogP contribution in [0, 0.1) is 17.0 Å². The SMILES string of the molecule is Cc1cc(OCc2ccc(/C=C/C(=O)c3ccccc3[N+](=O)[O-])o2)ccc1Cl. The van der Waals surface area contributed by atoms with E-state index in [1.807, 2.05) is 13.0 Å². The van der Waals surface area contributed by atoms with Gasteiger partial charge in [0, 0.05) is 11.1 Å². The summed E-state index contributed by atoms with van der Waals surface area (Å²) in [5.74, 6) is 1.21. The number of para-hydroxylation sites is 1. The van der Waals surface area contributed by atoms with Crippen molar-refractivity contribution in [2.45, 2.75) is 13.5 Å². The third kappa shape index (κ3) is 4.66. The van der Waals surface area contributed by atoms with Crippen LogP contribution in [0.25, 0.3) is 6.08 Å². The zero-order valence-corrected chi connectivity index (χ0v) is 15.7. The third-order valence-electron chi connectivity index (χ3n) is 3.96. The van der Waals surface area contributed by atoms with E-state index in [1.54, 1.807) is 30.3 Å². The summed E-state index contributed by atoms with van der Waals surface area (Å²) in [6, 6.07) is 14.6. The second-order valence-corrected chi connectivity index (χ2v) is 6.38. The van der Waals surface area contributed by atoms with E-state index in [4.69, 9.17) is 20.8 Å². The Bertz CT molecular complexity index is 1050. The van der Waals surface area contributed by atoms with E-state index < -0.39 is 10.7 Å². The van der Waals surface area contributed by atoms with E-state index in [1.165, 1.54) is 30.4 Å². The van der Waals surface area contributed by atoms with Gasteiger partial charge in [-0.1, -0.05) is 23.7 Å². The van der Waals surface area contributed by atoms with E-state index in [0.29, 0.717) is 22.3 Å². The summed E-state index contributed by atoms with van der Waals surface area (Å²) in [5, 5.41) is 11.7. The number of furan rings is 1. The Balaban J connectivity index is 1.65. The van der Waals surface area contributed by atoms with Crippen molar-refractivity contribution in [3.63, 3.8) is 0 Å². The standard InChI is InChI=1S/C21H16ClNO5/c1-14-12-16(8-10-19(14)22)27-13-17-7-6-15(28-17)9-11-21(24)18-4-2-3-5-20(18)23(25)26/h2-12H,13H2,1H3/b11-9+. The molecule has 0 aliphatic heterocycles. The predicted molar refractivity (Wildman–Crippen MR) is 106 cm³/mol. The number of halogens is 1. The molecule has 142 valence electrons. The minimum absolute atomic E-state index is 0.0250. The summed E-state index contributed by atoms with van der Waals surface area (Å²) in [5.41, 5.74) is 0.705. The molecule has 0 radical (unpaired) electrons. The van der Waals surface area contributed by atoms with E-state index in [2.05, 4.69) is 0 Å². The first-order chi connectivity index (χ1) is 13.4. The monoisotopic (exact) mass is 397 g/mol. The fraction of sp³-hybridized carbons (Fsp3) is 0.0952. The number of nitrogens with zero attached hydrogens (tertiary/aromatic N) is 1. The van der Waals surface area contributed by atoms with E-state index in [9.17, 15) is 14.9 Å². The van der Waals surface area contributed by atoms with E-state index in [0.717, 1.165) is 5.56 Å². The van der Waals surface area contributed by atoms with Crippen molar-refractivity contribution in [1.82, 2.24) is 0 Å². The first kappa shape index (κ1) is 19.4. The molecule has 0 N–H and O–H groups in total. The lowest BCUT2D eigenvalue weighted by Crippen LogP contribution is -2.00. The number of nitro benzene ring substituents is 1. The Hall–Kier alpha value is -3.38. The normalized spacial score (nSPS) is 10.9. The van der Waals surface area contributed by atoms with Crippen LogP contribution in [0.15, 0.2) is 65.1 Å². The van der Waals surface area contributed by atoms with Gasteiger partial charge in [-0.25, -0.2) is 0 Å². The van der Waals surface area contributed by atoms with Crippen molar-refractivity contribution in [2.24, 2.45) is 0 Å². The van der Waals surface area contributed by atoms with Crippen LogP contribution >= 0.6 is 11.6 Å². The molecule has 0 fully saturated rings. The van der Waals surface area contributed by atoms with Gasteiger partial charge >= 0.3 is 0 Å². The fourth-order valence-corrected chi connectivity index (χ4v) is 2.63. The lowest BCUT2D eigenvalue weighted by Gasteiger charge is -2.05. The molecule has 0 amide bonds. The van der Waals surface area contributed by atoms with Crippen molar-refractivity contribution in [2.75, 3.05) is 0 Å². The van der Waals surface area contributed by atoms with Crippen molar-refractivity contribution >= 4 is 29.1 Å². The molecule has 0 atom stereocenters. The van der Waals surface area contributed by atoms with Crippen LogP contribution in [0.5, 0.6) is 5.75 Å². The van der Waals surface area contributed by atoms with Crippen molar-refractivity contribution in [3.05, 3.63) is 98.5 Å². The molecule has 0 aliphatic rings. The highest BCUT2D eigenvalue weighted by Gasteiger charge is 2.17. The van der Waals surface area contributed by atoms with Gasteiger partial charge in [0.2, 0.25) is 0 Å². The molecule has 2 aromatic carbocycles. The zero-order chi connectivity index (χ0) is 20.1. The maximum Gasteiger partial charge on any atom is 0.280 e. The van der Waals surface area contributed by atoms with Gasteiger partial charge in [-0.2, -0.15) is 0 Å². The first-order valence-corrected chi connectivity index (χ1v) is 8.75. The molecule has 28 heavy (non-hydrogen) atoms. The number of allylic oxidation sites excluding steroid dienone is 1. The Morgan fingerprint density at radius 3 is 2.75 bits per heavy atom. The summed E-state index contributed by atoms with van der Waals surface area (Å²) < 4.78 is 11.3. The van der Waals surface area contributed by atoms with Gasteiger partial charge in [0.05, 0.1) is 10.5 Å². The number of nitro groups is 1. The number of hydrogen-bond acceptors (Lipinski definition) is 5. The van der Waals surface area contributed by atoms with Crippen LogP contribution in [-0.2, 0) is 6.61 Å². The van der Waals surface area contributed by atoms with E-state index in [-0.39, 0.29) is 17.9 Å². The predicted octanol–water partition coefficient (Wildman–Crippen LogP) is 5.62. The highest BCUT2D eigenvalue weighted by molar-refractivity contribution is 6.31. The fourth-order valence-electron chi connectivity index (χ4n) is 2.51. The van der Waals surface area contributed by atoms with Gasteiger partial charge in [0.1, 0.15) is 23.9 Å². The second-order valence-electron chi connectivity index (χ2n) is 5.98. The first-order valence-electron chi connectivity index (χ1n) is 8.37. The summed E-state index contributed by atoms with van der Waals surface area (Å²) in [6.07, 6.45) is 2.71. The zero-order valence-electron chi connectivity index (χ0n) is 14.9. The molecule has 0 saturated heterocycles. The van der Waals surface area contributed by atoms with Crippen molar-refractivity contribution in [1.29, 1.82) is 0 Å². The molecule has 0 spiro atoms. The summed E-state index contributed by atoms with van der Waals surface area (Å²) in [7, 11) is 0. The Labute approximate surface area is 166 Å². The molecular weight excluding hydrogens is 382 g/mol. The molecule has 3 aromatic rings. The second kappa shape index (κ2) is 8.54. The molecule has 1 aromatic heterocycles. The van der Waals surface area contributed by atoms with Crippen LogP contribution in [-0.4, -0.2) is 10.7 Å². The Morgan fingerprint density at radius 2 is 2.00 bits per heavy atom. The Kier molecular flexibility index (Phi) is 5.91. The molecule has 3 rings (SSSR count). The number of hydrogen-bond donors (Lipinski definition) is 0. The highest BCUT2D eigenvalue weighted by Crippen LogP contribution is 2.23. The van der Waals surface area contributed by atoms with Gasteiger partial charge in [-0.05, 0) is 61.0 Å². The third-order valence-corrected chi connectivity index (χ3v) is 4.38. The van der Waals surface area contributed by atoms with Crippen LogP contribution < -0.4 is 4.74 Å². The van der Waals surface area contributed by atoms with Gasteiger partial charge in [-0.3, -0.25) is 14.9 Å². The maximum absolute atomic E-state index is 12.3. The Morgan fingerprint density at radius 1 is 1.21 bits per heavy atom. The number of carbonyl (C=O) groups excluding carboxylic acids is 1. The molecule has 0 bridgehead atoms. The van der Waals surface area contributed by atoms with Crippen LogP contribution in [0.1, 0.15) is 27.4 Å².